The van der Waals surface area contributed by atoms with Crippen molar-refractivity contribution in [1.29, 1.82) is 0 Å². The lowest BCUT2D eigenvalue weighted by molar-refractivity contribution is -0.150. The summed E-state index contributed by atoms with van der Waals surface area (Å²) < 4.78 is 0. The van der Waals surface area contributed by atoms with Gasteiger partial charge in [-0.25, -0.2) is 0 Å². The first-order valence-electron chi connectivity index (χ1n) is 7.21. The van der Waals surface area contributed by atoms with Crippen molar-refractivity contribution in [3.8, 4) is 0 Å². The van der Waals surface area contributed by atoms with E-state index in [0.29, 0.717) is 6.42 Å². The Balaban J connectivity index is 1.90. The number of aryl methyl sites for hydroxylation is 1. The molecule has 1 heterocycles. The van der Waals surface area contributed by atoms with Crippen molar-refractivity contribution >= 4 is 5.97 Å². The van der Waals surface area contributed by atoms with Crippen molar-refractivity contribution in [1.82, 2.24) is 4.90 Å². The molecule has 0 amide bonds. The minimum Gasteiger partial charge on any atom is -0.480 e. The number of likely N-dealkylation sites (tertiary alicyclic amines) is 1. The van der Waals surface area contributed by atoms with Crippen molar-refractivity contribution in [2.75, 3.05) is 13.1 Å². The molecule has 0 spiro atoms. The van der Waals surface area contributed by atoms with E-state index in [4.69, 9.17) is 0 Å². The van der Waals surface area contributed by atoms with Gasteiger partial charge in [0.25, 0.3) is 0 Å². The zero-order valence-electron chi connectivity index (χ0n) is 11.6. The second kappa shape index (κ2) is 6.20. The SMILES string of the molecule is CCC1(C(=O)O)CCCN1CCCc1ccccc1. The molecular formula is C16H23NO2. The van der Waals surface area contributed by atoms with Gasteiger partial charge < -0.3 is 5.11 Å². The van der Waals surface area contributed by atoms with Crippen LogP contribution in [0.3, 0.4) is 0 Å². The Kier molecular flexibility index (Phi) is 4.59. The van der Waals surface area contributed by atoms with Crippen molar-refractivity contribution in [3.05, 3.63) is 35.9 Å². The highest BCUT2D eigenvalue weighted by atomic mass is 16.4. The lowest BCUT2D eigenvalue weighted by atomic mass is 9.92. The molecule has 1 fully saturated rings. The molecule has 3 heteroatoms. The standard InChI is InChI=1S/C16H23NO2/c1-2-16(15(18)19)11-7-13-17(16)12-6-10-14-8-4-3-5-9-14/h3-5,8-9H,2,6-7,10-13H2,1H3,(H,18,19). The van der Waals surface area contributed by atoms with Crippen LogP contribution in [-0.4, -0.2) is 34.6 Å². The maximum absolute atomic E-state index is 11.6. The molecule has 1 atom stereocenters. The number of benzene rings is 1. The summed E-state index contributed by atoms with van der Waals surface area (Å²) in [6.45, 7) is 3.80. The summed E-state index contributed by atoms with van der Waals surface area (Å²) in [5.41, 5.74) is 0.732. The number of carboxylic acids is 1. The fourth-order valence-electron chi connectivity index (χ4n) is 3.17. The van der Waals surface area contributed by atoms with Crippen LogP contribution in [0.1, 0.15) is 38.2 Å². The number of hydrogen-bond donors (Lipinski definition) is 1. The number of nitrogens with zero attached hydrogens (tertiary/aromatic N) is 1. The first-order chi connectivity index (χ1) is 9.19. The monoisotopic (exact) mass is 261 g/mol. The Labute approximate surface area is 115 Å². The molecule has 104 valence electrons. The van der Waals surface area contributed by atoms with E-state index in [1.165, 1.54) is 5.56 Å². The largest absolute Gasteiger partial charge is 0.480 e. The summed E-state index contributed by atoms with van der Waals surface area (Å²) in [5.74, 6) is -0.646. The van der Waals surface area contributed by atoms with Gasteiger partial charge >= 0.3 is 5.97 Å². The minimum atomic E-state index is -0.646. The highest BCUT2D eigenvalue weighted by Gasteiger charge is 2.45. The Morgan fingerprint density at radius 1 is 1.37 bits per heavy atom. The third kappa shape index (κ3) is 2.98. The molecule has 1 N–H and O–H groups in total. The van der Waals surface area contributed by atoms with E-state index in [-0.39, 0.29) is 0 Å². The van der Waals surface area contributed by atoms with Gasteiger partial charge in [0.1, 0.15) is 5.54 Å². The van der Waals surface area contributed by atoms with Crippen molar-refractivity contribution < 1.29 is 9.90 Å². The van der Waals surface area contributed by atoms with Crippen LogP contribution in [0.2, 0.25) is 0 Å². The summed E-state index contributed by atoms with van der Waals surface area (Å²) in [7, 11) is 0. The van der Waals surface area contributed by atoms with E-state index in [1.807, 2.05) is 13.0 Å². The second-order valence-electron chi connectivity index (χ2n) is 5.37. The van der Waals surface area contributed by atoms with Crippen LogP contribution in [0.15, 0.2) is 30.3 Å². The van der Waals surface area contributed by atoms with Gasteiger partial charge in [0.05, 0.1) is 0 Å². The summed E-state index contributed by atoms with van der Waals surface area (Å²) in [6, 6.07) is 10.4. The van der Waals surface area contributed by atoms with Gasteiger partial charge in [-0.05, 0) is 50.8 Å². The van der Waals surface area contributed by atoms with Crippen LogP contribution in [0, 0.1) is 0 Å². The third-order valence-corrected chi connectivity index (χ3v) is 4.34. The lowest BCUT2D eigenvalue weighted by Crippen LogP contribution is -2.50. The van der Waals surface area contributed by atoms with Crippen LogP contribution < -0.4 is 0 Å². The van der Waals surface area contributed by atoms with E-state index in [2.05, 4.69) is 29.2 Å². The quantitative estimate of drug-likeness (QED) is 0.856. The van der Waals surface area contributed by atoms with E-state index in [9.17, 15) is 9.90 Å². The van der Waals surface area contributed by atoms with E-state index >= 15 is 0 Å². The number of aliphatic carboxylic acids is 1. The summed E-state index contributed by atoms with van der Waals surface area (Å²) >= 11 is 0. The lowest BCUT2D eigenvalue weighted by Gasteiger charge is -2.33. The molecule has 0 aliphatic carbocycles. The average molecular weight is 261 g/mol. The molecule has 2 rings (SSSR count). The molecule has 0 bridgehead atoms. The molecule has 0 saturated carbocycles. The zero-order valence-corrected chi connectivity index (χ0v) is 11.6. The molecule has 0 aromatic heterocycles. The highest BCUT2D eigenvalue weighted by molar-refractivity contribution is 5.79. The van der Waals surface area contributed by atoms with E-state index in [1.54, 1.807) is 0 Å². The number of carbonyl (C=O) groups is 1. The van der Waals surface area contributed by atoms with Gasteiger partial charge in [-0.2, -0.15) is 0 Å². The van der Waals surface area contributed by atoms with Crippen LogP contribution in [-0.2, 0) is 11.2 Å². The molecule has 1 saturated heterocycles. The molecule has 1 aromatic rings. The van der Waals surface area contributed by atoms with Crippen LogP contribution >= 0.6 is 0 Å². The van der Waals surface area contributed by atoms with Gasteiger partial charge in [-0.1, -0.05) is 37.3 Å². The van der Waals surface area contributed by atoms with Crippen LogP contribution in [0.5, 0.6) is 0 Å². The molecule has 1 aliphatic heterocycles. The summed E-state index contributed by atoms with van der Waals surface area (Å²) in [6.07, 6.45) is 4.55. The van der Waals surface area contributed by atoms with Crippen molar-refractivity contribution in [2.45, 2.75) is 44.6 Å². The van der Waals surface area contributed by atoms with Gasteiger partial charge in [-0.3, -0.25) is 9.69 Å². The second-order valence-corrected chi connectivity index (χ2v) is 5.37. The average Bonchev–Trinajstić information content (AvgIpc) is 2.84. The molecule has 3 nitrogen and oxygen atoms in total. The Morgan fingerprint density at radius 3 is 2.74 bits per heavy atom. The van der Waals surface area contributed by atoms with Gasteiger partial charge in [-0.15, -0.1) is 0 Å². The number of hydrogen-bond acceptors (Lipinski definition) is 2. The van der Waals surface area contributed by atoms with Gasteiger partial charge in [0, 0.05) is 0 Å². The maximum atomic E-state index is 11.6. The highest BCUT2D eigenvalue weighted by Crippen LogP contribution is 2.32. The normalized spacial score (nSPS) is 23.6. The van der Waals surface area contributed by atoms with Crippen molar-refractivity contribution in [2.24, 2.45) is 0 Å². The van der Waals surface area contributed by atoms with Crippen LogP contribution in [0.25, 0.3) is 0 Å². The molecular weight excluding hydrogens is 238 g/mol. The number of rotatable bonds is 6. The van der Waals surface area contributed by atoms with E-state index < -0.39 is 11.5 Å². The maximum Gasteiger partial charge on any atom is 0.324 e. The minimum absolute atomic E-state index is 0.601. The third-order valence-electron chi connectivity index (χ3n) is 4.34. The zero-order chi connectivity index (χ0) is 13.7. The fraction of sp³-hybridized carbons (Fsp3) is 0.562. The fourth-order valence-corrected chi connectivity index (χ4v) is 3.17. The smallest absolute Gasteiger partial charge is 0.324 e. The predicted octanol–water partition coefficient (Wildman–Crippen LogP) is 2.95. The summed E-state index contributed by atoms with van der Waals surface area (Å²) in [5, 5.41) is 9.51. The Bertz CT molecular complexity index is 418. The van der Waals surface area contributed by atoms with Gasteiger partial charge in [0.15, 0.2) is 0 Å². The first-order valence-corrected chi connectivity index (χ1v) is 7.21. The first kappa shape index (κ1) is 14.1. The topological polar surface area (TPSA) is 40.5 Å². The number of carboxylic acid groups (broad SMARTS) is 1. The molecule has 0 radical (unpaired) electrons. The molecule has 1 aromatic carbocycles. The van der Waals surface area contributed by atoms with Crippen molar-refractivity contribution in [3.63, 3.8) is 0 Å². The predicted molar refractivity (Wildman–Crippen MR) is 76.2 cm³/mol. The Hall–Kier alpha value is -1.35. The Morgan fingerprint density at radius 2 is 2.11 bits per heavy atom. The van der Waals surface area contributed by atoms with E-state index in [0.717, 1.165) is 38.8 Å². The molecule has 1 unspecified atom stereocenters. The molecule has 19 heavy (non-hydrogen) atoms. The van der Waals surface area contributed by atoms with Gasteiger partial charge in [0.2, 0.25) is 0 Å². The molecule has 1 aliphatic rings. The summed E-state index contributed by atoms with van der Waals surface area (Å²) in [4.78, 5) is 13.7. The van der Waals surface area contributed by atoms with Crippen LogP contribution in [0.4, 0.5) is 0 Å².